The fourth-order valence-electron chi connectivity index (χ4n) is 2.97. The Morgan fingerprint density at radius 1 is 1.30 bits per heavy atom. The van der Waals surface area contributed by atoms with Gasteiger partial charge in [0.1, 0.15) is 6.54 Å². The average Bonchev–Trinajstić information content (AvgIpc) is 3.19. The molecule has 3 rings (SSSR count). The maximum absolute atomic E-state index is 12.8. The Morgan fingerprint density at radius 3 is 2.73 bits per heavy atom. The Bertz CT molecular complexity index is 960. The summed E-state index contributed by atoms with van der Waals surface area (Å²) < 4.78 is 38.5. The number of amides is 4. The van der Waals surface area contributed by atoms with Gasteiger partial charge in [0.05, 0.1) is 5.56 Å². The van der Waals surface area contributed by atoms with Gasteiger partial charge in [0.25, 0.3) is 0 Å². The van der Waals surface area contributed by atoms with Gasteiger partial charge in [-0.25, -0.2) is 9.78 Å². The molecule has 7 nitrogen and oxygen atoms in total. The third-order valence-corrected chi connectivity index (χ3v) is 5.36. The van der Waals surface area contributed by atoms with E-state index in [9.17, 15) is 27.6 Å². The van der Waals surface area contributed by atoms with Crippen LogP contribution in [0.5, 0.6) is 0 Å². The molecule has 0 bridgehead atoms. The maximum Gasteiger partial charge on any atom is 0.416 e. The van der Waals surface area contributed by atoms with E-state index in [1.807, 2.05) is 0 Å². The van der Waals surface area contributed by atoms with Gasteiger partial charge in [-0.1, -0.05) is 18.2 Å². The summed E-state index contributed by atoms with van der Waals surface area (Å²) in [5.74, 6) is -0.607. The van der Waals surface area contributed by atoms with E-state index in [2.05, 4.69) is 10.3 Å². The number of halogens is 3. The molecule has 0 saturated carbocycles. The molecule has 1 aromatic carbocycles. The molecule has 1 aliphatic heterocycles. The topological polar surface area (TPSA) is 82.6 Å². The van der Waals surface area contributed by atoms with E-state index < -0.39 is 11.7 Å². The van der Waals surface area contributed by atoms with Crippen LogP contribution in [-0.4, -0.2) is 52.8 Å². The predicted molar refractivity (Wildman–Crippen MR) is 104 cm³/mol. The molecule has 30 heavy (non-hydrogen) atoms. The maximum atomic E-state index is 12.8. The van der Waals surface area contributed by atoms with Gasteiger partial charge < -0.3 is 10.2 Å². The predicted octanol–water partition coefficient (Wildman–Crippen LogP) is 3.37. The van der Waals surface area contributed by atoms with Crippen molar-refractivity contribution >= 4 is 34.3 Å². The summed E-state index contributed by atoms with van der Waals surface area (Å²) in [6.07, 6.45) is -2.20. The van der Waals surface area contributed by atoms with Gasteiger partial charge in [0, 0.05) is 37.5 Å². The summed E-state index contributed by atoms with van der Waals surface area (Å²) in [7, 11) is 1.53. The number of alkyl halides is 3. The van der Waals surface area contributed by atoms with Gasteiger partial charge in [0.15, 0.2) is 5.13 Å². The number of nitrogens with one attached hydrogen (secondary N) is 1. The van der Waals surface area contributed by atoms with Crippen LogP contribution >= 0.6 is 11.3 Å². The third kappa shape index (κ3) is 5.35. The van der Waals surface area contributed by atoms with E-state index >= 15 is 0 Å². The second-order valence-electron chi connectivity index (χ2n) is 6.84. The lowest BCUT2D eigenvalue weighted by Crippen LogP contribution is -2.32. The van der Waals surface area contributed by atoms with E-state index in [1.54, 1.807) is 6.07 Å². The normalized spacial score (nSPS) is 14.5. The Kier molecular flexibility index (Phi) is 6.40. The number of aromatic nitrogens is 1. The minimum Gasteiger partial charge on any atom is -0.318 e. The molecule has 0 unspecified atom stereocenters. The number of hydrogen-bond acceptors (Lipinski definition) is 5. The minimum absolute atomic E-state index is 0.0405. The first-order valence-electron chi connectivity index (χ1n) is 9.09. The van der Waals surface area contributed by atoms with Crippen LogP contribution in [0.2, 0.25) is 0 Å². The monoisotopic (exact) mass is 440 g/mol. The zero-order valence-corrected chi connectivity index (χ0v) is 16.8. The first-order chi connectivity index (χ1) is 14.1. The van der Waals surface area contributed by atoms with Crippen molar-refractivity contribution in [3.63, 3.8) is 0 Å². The molecular formula is C19H19F3N4O3S. The summed E-state index contributed by atoms with van der Waals surface area (Å²) >= 11 is 1.18. The molecule has 11 heteroatoms. The number of urea groups is 1. The summed E-state index contributed by atoms with van der Waals surface area (Å²) in [6.45, 7) is 0.201. The third-order valence-electron chi connectivity index (χ3n) is 4.45. The van der Waals surface area contributed by atoms with Crippen molar-refractivity contribution in [3.05, 3.63) is 46.5 Å². The highest BCUT2D eigenvalue weighted by molar-refractivity contribution is 7.15. The Hall–Kier alpha value is -2.95. The number of nitrogens with zero attached hydrogens (tertiary/aromatic N) is 3. The molecule has 4 amide bonds. The lowest BCUT2D eigenvalue weighted by atomic mass is 10.1. The Labute approximate surface area is 174 Å². The lowest BCUT2D eigenvalue weighted by molar-refractivity contribution is -0.137. The largest absolute Gasteiger partial charge is 0.416 e. The SMILES string of the molecule is CN1CC(=O)N(CCCC(=O)Nc2ncc(Cc3cccc(C(F)(F)F)c3)s2)C1=O. The second-order valence-corrected chi connectivity index (χ2v) is 7.96. The highest BCUT2D eigenvalue weighted by atomic mass is 32.1. The summed E-state index contributed by atoms with van der Waals surface area (Å²) in [6, 6.07) is 4.69. The van der Waals surface area contributed by atoms with Crippen LogP contribution in [0.15, 0.2) is 30.5 Å². The summed E-state index contributed by atoms with van der Waals surface area (Å²) in [4.78, 5) is 42.7. The number of rotatable bonds is 7. The van der Waals surface area contributed by atoms with E-state index in [1.165, 1.54) is 35.5 Å². The number of likely N-dealkylation sites (N-methyl/N-ethyl adjacent to an activating group) is 1. The smallest absolute Gasteiger partial charge is 0.318 e. The van der Waals surface area contributed by atoms with Crippen LogP contribution in [0.4, 0.5) is 23.1 Å². The molecule has 2 aromatic rings. The van der Waals surface area contributed by atoms with Crippen LogP contribution in [0.1, 0.15) is 28.8 Å². The van der Waals surface area contributed by atoms with Crippen molar-refractivity contribution in [1.82, 2.24) is 14.8 Å². The van der Waals surface area contributed by atoms with E-state index in [4.69, 9.17) is 0 Å². The fraction of sp³-hybridized carbons (Fsp3) is 0.368. The van der Waals surface area contributed by atoms with Crippen LogP contribution in [0, 0.1) is 0 Å². The standard InChI is InChI=1S/C19H19F3N4O3S/c1-25-11-16(28)26(18(25)29)7-3-6-15(27)24-17-23-10-14(30-17)9-12-4-2-5-13(8-12)19(20,21)22/h2,4-5,8,10H,3,6-7,9,11H2,1H3,(H,23,24,27). The van der Waals surface area contributed by atoms with Gasteiger partial charge in [-0.3, -0.25) is 14.5 Å². The molecule has 160 valence electrons. The number of hydrogen-bond donors (Lipinski definition) is 1. The second kappa shape index (κ2) is 8.82. The lowest BCUT2D eigenvalue weighted by Gasteiger charge is -2.13. The molecule has 0 radical (unpaired) electrons. The summed E-state index contributed by atoms with van der Waals surface area (Å²) in [5, 5.41) is 2.97. The van der Waals surface area contributed by atoms with Crippen molar-refractivity contribution in [2.45, 2.75) is 25.4 Å². The molecule has 1 N–H and O–H groups in total. The number of imide groups is 1. The zero-order valence-electron chi connectivity index (χ0n) is 16.0. The molecule has 0 spiro atoms. The Morgan fingerprint density at radius 2 is 2.07 bits per heavy atom. The van der Waals surface area contributed by atoms with Gasteiger partial charge >= 0.3 is 12.2 Å². The molecule has 0 atom stereocenters. The van der Waals surface area contributed by atoms with Gasteiger partial charge in [0.2, 0.25) is 11.8 Å². The molecular weight excluding hydrogens is 421 g/mol. The van der Waals surface area contributed by atoms with Gasteiger partial charge in [-0.2, -0.15) is 13.2 Å². The molecule has 1 aliphatic rings. The first kappa shape index (κ1) is 21.8. The van der Waals surface area contributed by atoms with Crippen molar-refractivity contribution in [2.24, 2.45) is 0 Å². The van der Waals surface area contributed by atoms with Crippen molar-refractivity contribution in [3.8, 4) is 0 Å². The molecule has 1 aromatic heterocycles. The fourth-order valence-corrected chi connectivity index (χ4v) is 3.84. The molecule has 0 aliphatic carbocycles. The number of thiazole rings is 1. The van der Waals surface area contributed by atoms with E-state index in [0.717, 1.165) is 17.0 Å². The Balaban J connectivity index is 1.49. The van der Waals surface area contributed by atoms with Gasteiger partial charge in [-0.05, 0) is 18.1 Å². The number of carbonyl (C=O) groups excluding carboxylic acids is 3. The number of benzene rings is 1. The number of anilines is 1. The van der Waals surface area contributed by atoms with Crippen molar-refractivity contribution in [1.29, 1.82) is 0 Å². The molecule has 1 fully saturated rings. The number of carbonyl (C=O) groups is 3. The summed E-state index contributed by atoms with van der Waals surface area (Å²) in [5.41, 5.74) is -0.213. The molecule has 1 saturated heterocycles. The van der Waals surface area contributed by atoms with Crippen molar-refractivity contribution < 1.29 is 27.6 Å². The quantitative estimate of drug-likeness (QED) is 0.670. The van der Waals surface area contributed by atoms with E-state index in [-0.39, 0.29) is 43.8 Å². The average molecular weight is 440 g/mol. The highest BCUT2D eigenvalue weighted by Crippen LogP contribution is 2.30. The van der Waals surface area contributed by atoms with Crippen LogP contribution in [0.3, 0.4) is 0 Å². The minimum atomic E-state index is -4.40. The first-order valence-corrected chi connectivity index (χ1v) is 9.91. The van der Waals surface area contributed by atoms with Gasteiger partial charge in [-0.15, -0.1) is 11.3 Å². The van der Waals surface area contributed by atoms with Crippen LogP contribution in [-0.2, 0) is 22.2 Å². The zero-order chi connectivity index (χ0) is 21.9. The van der Waals surface area contributed by atoms with Crippen LogP contribution in [0.25, 0.3) is 0 Å². The highest BCUT2D eigenvalue weighted by Gasteiger charge is 2.33. The molecule has 2 heterocycles. The van der Waals surface area contributed by atoms with Crippen molar-refractivity contribution in [2.75, 3.05) is 25.5 Å². The van der Waals surface area contributed by atoms with Crippen LogP contribution < -0.4 is 5.32 Å². The van der Waals surface area contributed by atoms with E-state index in [0.29, 0.717) is 22.0 Å².